The number of hydrogen-bond donors (Lipinski definition) is 1. The summed E-state index contributed by atoms with van der Waals surface area (Å²) >= 11 is 0. The molecule has 0 bridgehead atoms. The highest BCUT2D eigenvalue weighted by atomic mass is 32.2. The standard InChI is InChI=1S/C16H26N2O2S/c1-3-17-10-6-7-11-21(19,20)18-13-14(2)12-15-8-4-5-9-16(15)18/h4-5,8-9,14,17H,3,6-7,10-13H2,1-2H3. The van der Waals surface area contributed by atoms with Gasteiger partial charge in [0.15, 0.2) is 0 Å². The number of sulfonamides is 1. The van der Waals surface area contributed by atoms with Crippen molar-refractivity contribution in [3.8, 4) is 0 Å². The molecule has 1 aromatic rings. The summed E-state index contributed by atoms with van der Waals surface area (Å²) in [7, 11) is -3.21. The molecule has 1 aliphatic heterocycles. The molecule has 1 N–H and O–H groups in total. The van der Waals surface area contributed by atoms with Crippen molar-refractivity contribution in [2.45, 2.75) is 33.1 Å². The predicted octanol–water partition coefficient (Wildman–Crippen LogP) is 2.40. The van der Waals surface area contributed by atoms with E-state index >= 15 is 0 Å². The summed E-state index contributed by atoms with van der Waals surface area (Å²) in [5, 5.41) is 3.23. The molecule has 21 heavy (non-hydrogen) atoms. The monoisotopic (exact) mass is 310 g/mol. The van der Waals surface area contributed by atoms with Gasteiger partial charge in [-0.25, -0.2) is 8.42 Å². The summed E-state index contributed by atoms with van der Waals surface area (Å²) in [4.78, 5) is 0. The van der Waals surface area contributed by atoms with Crippen LogP contribution in [0.4, 0.5) is 5.69 Å². The average molecular weight is 310 g/mol. The molecule has 1 aromatic carbocycles. The molecule has 5 heteroatoms. The van der Waals surface area contributed by atoms with Gasteiger partial charge >= 0.3 is 0 Å². The van der Waals surface area contributed by atoms with Crippen LogP contribution < -0.4 is 9.62 Å². The van der Waals surface area contributed by atoms with Gasteiger partial charge in [-0.15, -0.1) is 0 Å². The number of anilines is 1. The first kappa shape index (κ1) is 16.3. The number of para-hydroxylation sites is 1. The molecule has 118 valence electrons. The number of nitrogens with zero attached hydrogens (tertiary/aromatic N) is 1. The number of nitrogens with one attached hydrogen (secondary N) is 1. The van der Waals surface area contributed by atoms with Crippen LogP contribution in [0.2, 0.25) is 0 Å². The zero-order chi connectivity index (χ0) is 15.3. The normalized spacial score (nSPS) is 18.6. The molecule has 0 radical (unpaired) electrons. The van der Waals surface area contributed by atoms with Crippen molar-refractivity contribution < 1.29 is 8.42 Å². The molecule has 4 nitrogen and oxygen atoms in total. The van der Waals surface area contributed by atoms with E-state index in [1.807, 2.05) is 24.3 Å². The molecule has 0 aromatic heterocycles. The molecular formula is C16H26N2O2S. The lowest BCUT2D eigenvalue weighted by Gasteiger charge is -2.34. The number of rotatable bonds is 7. The van der Waals surface area contributed by atoms with Gasteiger partial charge in [0.25, 0.3) is 0 Å². The first-order valence-electron chi connectivity index (χ1n) is 7.83. The fraction of sp³-hybridized carbons (Fsp3) is 0.625. The quantitative estimate of drug-likeness (QED) is 0.787. The van der Waals surface area contributed by atoms with Gasteiger partial charge in [-0.2, -0.15) is 0 Å². The smallest absolute Gasteiger partial charge is 0.235 e. The van der Waals surface area contributed by atoms with E-state index in [2.05, 4.69) is 19.2 Å². The number of hydrogen-bond acceptors (Lipinski definition) is 3. The van der Waals surface area contributed by atoms with Crippen LogP contribution in [0.3, 0.4) is 0 Å². The lowest BCUT2D eigenvalue weighted by atomic mass is 9.96. The van der Waals surface area contributed by atoms with Gasteiger partial charge in [0.2, 0.25) is 10.0 Å². The largest absolute Gasteiger partial charge is 0.317 e. The maximum absolute atomic E-state index is 12.6. The second-order valence-corrected chi connectivity index (χ2v) is 7.86. The summed E-state index contributed by atoms with van der Waals surface area (Å²) in [5.41, 5.74) is 2.02. The van der Waals surface area contributed by atoms with Crippen molar-refractivity contribution in [3.63, 3.8) is 0 Å². The van der Waals surface area contributed by atoms with Crippen molar-refractivity contribution >= 4 is 15.7 Å². The summed E-state index contributed by atoms with van der Waals surface area (Å²) in [6, 6.07) is 7.87. The number of benzene rings is 1. The van der Waals surface area contributed by atoms with E-state index in [0.717, 1.165) is 37.2 Å². The van der Waals surface area contributed by atoms with Gasteiger partial charge in [0.1, 0.15) is 0 Å². The Labute approximate surface area is 128 Å². The molecular weight excluding hydrogens is 284 g/mol. The van der Waals surface area contributed by atoms with Gasteiger partial charge in [-0.3, -0.25) is 4.31 Å². The van der Waals surface area contributed by atoms with Crippen LogP contribution in [-0.2, 0) is 16.4 Å². The Morgan fingerprint density at radius 2 is 2.05 bits per heavy atom. The maximum Gasteiger partial charge on any atom is 0.235 e. The van der Waals surface area contributed by atoms with Crippen LogP contribution in [-0.4, -0.2) is 33.8 Å². The summed E-state index contributed by atoms with van der Waals surface area (Å²) < 4.78 is 26.9. The molecule has 1 atom stereocenters. The van der Waals surface area contributed by atoms with E-state index in [1.165, 1.54) is 0 Å². The molecule has 0 aliphatic carbocycles. The van der Waals surface area contributed by atoms with Crippen molar-refractivity contribution in [1.82, 2.24) is 5.32 Å². The third-order valence-corrected chi connectivity index (χ3v) is 5.72. The SMILES string of the molecule is CCNCCCCS(=O)(=O)N1CC(C)Cc2ccccc21. The van der Waals surface area contributed by atoms with Gasteiger partial charge in [0, 0.05) is 6.54 Å². The molecule has 0 saturated carbocycles. The zero-order valence-corrected chi connectivity index (χ0v) is 13.8. The molecule has 1 heterocycles. The van der Waals surface area contributed by atoms with Crippen molar-refractivity contribution in [3.05, 3.63) is 29.8 Å². The molecule has 0 amide bonds. The molecule has 1 aliphatic rings. The van der Waals surface area contributed by atoms with E-state index in [-0.39, 0.29) is 5.75 Å². The van der Waals surface area contributed by atoms with Gasteiger partial charge < -0.3 is 5.32 Å². The Kier molecular flexibility index (Phi) is 5.65. The van der Waals surface area contributed by atoms with Crippen molar-refractivity contribution in [2.24, 2.45) is 5.92 Å². The molecule has 0 fully saturated rings. The van der Waals surface area contributed by atoms with E-state index < -0.39 is 10.0 Å². The van der Waals surface area contributed by atoms with Crippen LogP contribution in [0.15, 0.2) is 24.3 Å². The Morgan fingerprint density at radius 3 is 2.81 bits per heavy atom. The predicted molar refractivity (Wildman–Crippen MR) is 88.2 cm³/mol. The Hall–Kier alpha value is -1.07. The topological polar surface area (TPSA) is 49.4 Å². The molecule has 0 saturated heterocycles. The summed E-state index contributed by atoms with van der Waals surface area (Å²) in [5.74, 6) is 0.607. The second-order valence-electron chi connectivity index (χ2n) is 5.85. The molecule has 0 spiro atoms. The first-order valence-corrected chi connectivity index (χ1v) is 9.44. The fourth-order valence-corrected chi connectivity index (χ4v) is 4.58. The minimum Gasteiger partial charge on any atom is -0.317 e. The van der Waals surface area contributed by atoms with E-state index in [0.29, 0.717) is 18.9 Å². The Bertz CT molecular complexity index is 557. The highest BCUT2D eigenvalue weighted by molar-refractivity contribution is 7.92. The van der Waals surface area contributed by atoms with Gasteiger partial charge in [0.05, 0.1) is 11.4 Å². The minimum absolute atomic E-state index is 0.236. The lowest BCUT2D eigenvalue weighted by Crippen LogP contribution is -2.40. The number of fused-ring (bicyclic) bond motifs is 1. The number of unbranched alkanes of at least 4 members (excludes halogenated alkanes) is 1. The van der Waals surface area contributed by atoms with Crippen LogP contribution >= 0.6 is 0 Å². The van der Waals surface area contributed by atoms with E-state index in [1.54, 1.807) is 4.31 Å². The van der Waals surface area contributed by atoms with E-state index in [4.69, 9.17) is 0 Å². The third-order valence-electron chi connectivity index (χ3n) is 3.90. The minimum atomic E-state index is -3.21. The van der Waals surface area contributed by atoms with Gasteiger partial charge in [-0.1, -0.05) is 32.0 Å². The first-order chi connectivity index (χ1) is 10.0. The zero-order valence-electron chi connectivity index (χ0n) is 13.0. The summed E-state index contributed by atoms with van der Waals surface area (Å²) in [6.45, 7) is 6.60. The average Bonchev–Trinajstić information content (AvgIpc) is 2.46. The fourth-order valence-electron chi connectivity index (χ4n) is 2.83. The van der Waals surface area contributed by atoms with Gasteiger partial charge in [-0.05, 0) is 49.9 Å². The lowest BCUT2D eigenvalue weighted by molar-refractivity contribution is 0.542. The highest BCUT2D eigenvalue weighted by Crippen LogP contribution is 2.31. The Morgan fingerprint density at radius 1 is 1.29 bits per heavy atom. The van der Waals surface area contributed by atoms with Crippen molar-refractivity contribution in [2.75, 3.05) is 29.7 Å². The Balaban J connectivity index is 2.06. The highest BCUT2D eigenvalue weighted by Gasteiger charge is 2.29. The molecule has 1 unspecified atom stereocenters. The third kappa shape index (κ3) is 4.20. The maximum atomic E-state index is 12.6. The van der Waals surface area contributed by atoms with E-state index in [9.17, 15) is 8.42 Å². The van der Waals surface area contributed by atoms with Crippen LogP contribution in [0.1, 0.15) is 32.3 Å². The van der Waals surface area contributed by atoms with Crippen LogP contribution in [0.5, 0.6) is 0 Å². The second kappa shape index (κ2) is 7.27. The summed E-state index contributed by atoms with van der Waals surface area (Å²) in [6.07, 6.45) is 2.57. The molecule has 2 rings (SSSR count). The van der Waals surface area contributed by atoms with Crippen molar-refractivity contribution in [1.29, 1.82) is 0 Å². The van der Waals surface area contributed by atoms with Crippen LogP contribution in [0.25, 0.3) is 0 Å². The van der Waals surface area contributed by atoms with Crippen LogP contribution in [0, 0.1) is 5.92 Å².